The zero-order chi connectivity index (χ0) is 21.4. The number of epoxide rings is 2. The van der Waals surface area contributed by atoms with Gasteiger partial charge in [0, 0.05) is 14.2 Å². The summed E-state index contributed by atoms with van der Waals surface area (Å²) in [4.78, 5) is 12.5. The van der Waals surface area contributed by atoms with Gasteiger partial charge in [0.2, 0.25) is 0 Å². The Balaban J connectivity index is 1.70. The second kappa shape index (κ2) is 8.17. The molecule has 3 fully saturated rings. The van der Waals surface area contributed by atoms with Crippen LogP contribution in [0.15, 0.2) is 11.6 Å². The first-order chi connectivity index (χ1) is 13.6. The van der Waals surface area contributed by atoms with Crippen molar-refractivity contribution in [1.29, 1.82) is 0 Å². The topological polar surface area (TPSA) is 81.9 Å². The number of rotatable bonds is 8. The molecule has 2 heterocycles. The third kappa shape index (κ3) is 4.79. The summed E-state index contributed by atoms with van der Waals surface area (Å²) in [5.74, 6) is 0.0223. The molecule has 29 heavy (non-hydrogen) atoms. The Hall–Kier alpha value is -1.15. The van der Waals surface area contributed by atoms with Gasteiger partial charge >= 0.3 is 6.09 Å². The maximum absolute atomic E-state index is 12.5. The Morgan fingerprint density at radius 2 is 2.00 bits per heavy atom. The first kappa shape index (κ1) is 22.5. The summed E-state index contributed by atoms with van der Waals surface area (Å²) in [6.45, 7) is 11.2. The summed E-state index contributed by atoms with van der Waals surface area (Å²) in [7, 11) is 3.29. The maximum Gasteiger partial charge on any atom is 0.407 e. The average molecular weight is 412 g/mol. The van der Waals surface area contributed by atoms with Crippen molar-refractivity contribution in [1.82, 2.24) is 5.32 Å². The SMILES string of the molecule is COCC(C)(C)NC(=O)OC1CC[C@]2(CO2)C([C@@]2(C)O[C@@H]2CC=C(C)C)C1OC. The van der Waals surface area contributed by atoms with Crippen LogP contribution in [0.1, 0.15) is 53.9 Å². The van der Waals surface area contributed by atoms with E-state index in [-0.39, 0.29) is 35.4 Å². The number of methoxy groups -OCH3 is 2. The molecule has 3 unspecified atom stereocenters. The third-order valence-electron chi connectivity index (χ3n) is 6.44. The smallest absolute Gasteiger partial charge is 0.407 e. The lowest BCUT2D eigenvalue weighted by Gasteiger charge is -2.42. The molecule has 1 amide bonds. The molecule has 166 valence electrons. The van der Waals surface area contributed by atoms with E-state index in [2.05, 4.69) is 32.2 Å². The van der Waals surface area contributed by atoms with Crippen LogP contribution in [0.4, 0.5) is 4.79 Å². The van der Waals surface area contributed by atoms with Crippen molar-refractivity contribution in [3.05, 3.63) is 11.6 Å². The van der Waals surface area contributed by atoms with Gasteiger partial charge < -0.3 is 29.0 Å². The molecule has 0 aromatic heterocycles. The van der Waals surface area contributed by atoms with Crippen molar-refractivity contribution in [2.75, 3.05) is 27.4 Å². The number of hydrogen-bond acceptors (Lipinski definition) is 6. The molecule has 3 aliphatic rings. The van der Waals surface area contributed by atoms with E-state index in [1.165, 1.54) is 5.57 Å². The zero-order valence-corrected chi connectivity index (χ0v) is 18.9. The number of allylic oxidation sites excluding steroid dienone is 1. The molecule has 0 bridgehead atoms. The van der Waals surface area contributed by atoms with Gasteiger partial charge in [0.25, 0.3) is 0 Å². The standard InChI is InChI=1S/C22H37NO6/c1-14(2)8-9-16-21(5,29-16)18-17(26-7)15(10-11-22(18)13-27-22)28-19(24)23-20(3,4)12-25-6/h8,15-18H,9-13H2,1-7H3,(H,23,24)/t15?,16-,17?,18?,21+,22+/m1/s1. The van der Waals surface area contributed by atoms with Crippen LogP contribution in [-0.2, 0) is 23.7 Å². The summed E-state index contributed by atoms with van der Waals surface area (Å²) in [6.07, 6.45) is 3.70. The highest BCUT2D eigenvalue weighted by atomic mass is 16.6. The summed E-state index contributed by atoms with van der Waals surface area (Å²) in [6, 6.07) is 0. The number of carbonyl (C=O) groups is 1. The van der Waals surface area contributed by atoms with E-state index in [1.54, 1.807) is 14.2 Å². The highest BCUT2D eigenvalue weighted by Gasteiger charge is 2.72. The highest BCUT2D eigenvalue weighted by molar-refractivity contribution is 5.68. The van der Waals surface area contributed by atoms with E-state index in [1.807, 2.05) is 13.8 Å². The number of carbonyl (C=O) groups excluding carboxylic acids is 1. The second-order valence-corrected chi connectivity index (χ2v) is 9.76. The van der Waals surface area contributed by atoms with E-state index < -0.39 is 11.6 Å². The van der Waals surface area contributed by atoms with Crippen molar-refractivity contribution in [3.8, 4) is 0 Å². The van der Waals surface area contributed by atoms with Crippen molar-refractivity contribution in [2.24, 2.45) is 5.92 Å². The molecule has 6 atom stereocenters. The van der Waals surface area contributed by atoms with E-state index in [0.717, 1.165) is 12.8 Å². The van der Waals surface area contributed by atoms with Gasteiger partial charge in [0.15, 0.2) is 0 Å². The predicted octanol–water partition coefficient (Wildman–Crippen LogP) is 3.21. The lowest BCUT2D eigenvalue weighted by Crippen LogP contribution is -2.57. The normalized spacial score (nSPS) is 38.4. The van der Waals surface area contributed by atoms with Crippen LogP contribution in [0, 0.1) is 5.92 Å². The van der Waals surface area contributed by atoms with Crippen LogP contribution in [0.3, 0.4) is 0 Å². The molecular formula is C22H37NO6. The summed E-state index contributed by atoms with van der Waals surface area (Å²) in [5.41, 5.74) is 0.214. The van der Waals surface area contributed by atoms with Crippen molar-refractivity contribution in [3.63, 3.8) is 0 Å². The molecule has 0 aromatic rings. The van der Waals surface area contributed by atoms with E-state index >= 15 is 0 Å². The third-order valence-corrected chi connectivity index (χ3v) is 6.44. The number of ether oxygens (including phenoxy) is 5. The first-order valence-electron chi connectivity index (χ1n) is 10.5. The lowest BCUT2D eigenvalue weighted by molar-refractivity contribution is -0.118. The van der Waals surface area contributed by atoms with Crippen molar-refractivity contribution < 1.29 is 28.5 Å². The zero-order valence-electron chi connectivity index (χ0n) is 18.9. The Kier molecular flexibility index (Phi) is 6.35. The maximum atomic E-state index is 12.5. The van der Waals surface area contributed by atoms with Gasteiger partial charge in [-0.05, 0) is 53.9 Å². The first-order valence-corrected chi connectivity index (χ1v) is 10.5. The van der Waals surface area contributed by atoms with Gasteiger partial charge in [0.1, 0.15) is 23.4 Å². The molecule has 3 rings (SSSR count). The monoisotopic (exact) mass is 411 g/mol. The summed E-state index contributed by atoms with van der Waals surface area (Å²) in [5, 5.41) is 2.88. The molecule has 2 aliphatic heterocycles. The van der Waals surface area contributed by atoms with Crippen LogP contribution in [0.5, 0.6) is 0 Å². The fraction of sp³-hybridized carbons (Fsp3) is 0.864. The minimum absolute atomic E-state index is 0.0223. The van der Waals surface area contributed by atoms with Crippen LogP contribution in [-0.4, -0.2) is 68.6 Å². The van der Waals surface area contributed by atoms with Gasteiger partial charge in [-0.2, -0.15) is 0 Å². The molecule has 1 aliphatic carbocycles. The van der Waals surface area contributed by atoms with Crippen molar-refractivity contribution >= 4 is 6.09 Å². The molecule has 2 saturated heterocycles. The fourth-order valence-corrected chi connectivity index (χ4v) is 4.91. The fourth-order valence-electron chi connectivity index (χ4n) is 4.91. The molecule has 7 heteroatoms. The van der Waals surface area contributed by atoms with E-state index in [4.69, 9.17) is 23.7 Å². The quantitative estimate of drug-likeness (QED) is 0.488. The van der Waals surface area contributed by atoms with E-state index in [9.17, 15) is 4.79 Å². The van der Waals surface area contributed by atoms with Gasteiger partial charge in [-0.25, -0.2) is 4.79 Å². The Morgan fingerprint density at radius 3 is 2.55 bits per heavy atom. The molecular weight excluding hydrogens is 374 g/mol. The average Bonchev–Trinajstić information content (AvgIpc) is 3.52. The largest absolute Gasteiger partial charge is 0.443 e. The van der Waals surface area contributed by atoms with Crippen LogP contribution in [0.25, 0.3) is 0 Å². The lowest BCUT2D eigenvalue weighted by atomic mass is 9.68. The number of amides is 1. The highest BCUT2D eigenvalue weighted by Crippen LogP contribution is 2.59. The number of nitrogens with one attached hydrogen (secondary N) is 1. The molecule has 7 nitrogen and oxygen atoms in total. The van der Waals surface area contributed by atoms with Gasteiger partial charge in [-0.15, -0.1) is 0 Å². The number of alkyl carbamates (subject to hydrolysis) is 1. The van der Waals surface area contributed by atoms with Gasteiger partial charge in [0.05, 0.1) is 30.8 Å². The molecule has 0 radical (unpaired) electrons. The second-order valence-electron chi connectivity index (χ2n) is 9.76. The van der Waals surface area contributed by atoms with Gasteiger partial charge in [-0.3, -0.25) is 0 Å². The number of hydrogen-bond donors (Lipinski definition) is 1. The predicted molar refractivity (Wildman–Crippen MR) is 109 cm³/mol. The molecule has 1 spiro atoms. The van der Waals surface area contributed by atoms with E-state index in [0.29, 0.717) is 19.6 Å². The minimum Gasteiger partial charge on any atom is -0.443 e. The Bertz CT molecular complexity index is 639. The Labute approximate surface area is 174 Å². The van der Waals surface area contributed by atoms with Crippen LogP contribution < -0.4 is 5.32 Å². The molecule has 1 saturated carbocycles. The van der Waals surface area contributed by atoms with Gasteiger partial charge in [-0.1, -0.05) is 11.6 Å². The summed E-state index contributed by atoms with van der Waals surface area (Å²) < 4.78 is 29.0. The van der Waals surface area contributed by atoms with Crippen molar-refractivity contribution in [2.45, 2.75) is 88.9 Å². The summed E-state index contributed by atoms with van der Waals surface area (Å²) >= 11 is 0. The van der Waals surface area contributed by atoms with Crippen LogP contribution in [0.2, 0.25) is 0 Å². The Morgan fingerprint density at radius 1 is 1.31 bits per heavy atom. The van der Waals surface area contributed by atoms with Crippen LogP contribution >= 0.6 is 0 Å². The minimum atomic E-state index is -0.510. The molecule has 1 N–H and O–H groups in total. The molecule has 0 aromatic carbocycles.